The summed E-state index contributed by atoms with van der Waals surface area (Å²) in [5, 5.41) is 12.6. The molecule has 0 radical (unpaired) electrons. The first-order valence-corrected chi connectivity index (χ1v) is 17.4. The van der Waals surface area contributed by atoms with Crippen molar-refractivity contribution in [3.05, 3.63) is 194 Å². The van der Waals surface area contributed by atoms with E-state index < -0.39 is 0 Å². The molecule has 0 bridgehead atoms. The van der Waals surface area contributed by atoms with Gasteiger partial charge in [-0.15, -0.1) is 0 Å². The summed E-state index contributed by atoms with van der Waals surface area (Å²) >= 11 is 0. The number of benzene rings is 10. The van der Waals surface area contributed by atoms with Gasteiger partial charge in [0.25, 0.3) is 0 Å². The SMILES string of the molecule is c1ccc2cc(-c3c4ccccc4c(-c4cc(-c5cccc6ccccc56)ccc4-c4cccc5ccccc45)c4ccccc34)ccc2c1. The Hall–Kier alpha value is -6.50. The summed E-state index contributed by atoms with van der Waals surface area (Å²) in [5.41, 5.74) is 9.97. The van der Waals surface area contributed by atoms with Crippen LogP contribution in [-0.2, 0) is 0 Å². The molecule has 0 spiro atoms. The van der Waals surface area contributed by atoms with Gasteiger partial charge in [0, 0.05) is 0 Å². The quantitative estimate of drug-likeness (QED) is 0.169. The van der Waals surface area contributed by atoms with Crippen molar-refractivity contribution in [2.75, 3.05) is 0 Å². The molecule has 10 aromatic rings. The summed E-state index contributed by atoms with van der Waals surface area (Å²) in [4.78, 5) is 0. The Morgan fingerprint density at radius 2 is 0.660 bits per heavy atom. The number of hydrogen-bond donors (Lipinski definition) is 0. The first-order chi connectivity index (χ1) is 24.8. The van der Waals surface area contributed by atoms with Gasteiger partial charge in [0.05, 0.1) is 0 Å². The van der Waals surface area contributed by atoms with E-state index in [-0.39, 0.29) is 0 Å². The molecule has 0 aliphatic heterocycles. The highest BCUT2D eigenvalue weighted by molar-refractivity contribution is 6.23. The van der Waals surface area contributed by atoms with E-state index >= 15 is 0 Å². The van der Waals surface area contributed by atoms with Crippen molar-refractivity contribution in [3.63, 3.8) is 0 Å². The zero-order valence-electron chi connectivity index (χ0n) is 27.5. The Bertz CT molecular complexity index is 2860. The molecule has 0 unspecified atom stereocenters. The number of rotatable bonds is 4. The van der Waals surface area contributed by atoms with Gasteiger partial charge >= 0.3 is 0 Å². The summed E-state index contributed by atoms with van der Waals surface area (Å²) in [7, 11) is 0. The predicted octanol–water partition coefficient (Wildman–Crippen LogP) is 14.1. The maximum Gasteiger partial charge on any atom is -0.00199 e. The minimum atomic E-state index is 1.22. The fourth-order valence-corrected chi connectivity index (χ4v) is 8.17. The summed E-state index contributed by atoms with van der Waals surface area (Å²) in [6.45, 7) is 0. The molecule has 0 atom stereocenters. The maximum atomic E-state index is 2.45. The van der Waals surface area contributed by atoms with E-state index in [0.717, 1.165) is 0 Å². The highest BCUT2D eigenvalue weighted by atomic mass is 14.2. The molecular weight excluding hydrogens is 601 g/mol. The summed E-state index contributed by atoms with van der Waals surface area (Å²) in [5.74, 6) is 0. The van der Waals surface area contributed by atoms with Gasteiger partial charge in [-0.3, -0.25) is 0 Å². The molecule has 0 aliphatic rings. The van der Waals surface area contributed by atoms with E-state index in [1.54, 1.807) is 0 Å². The fraction of sp³-hybridized carbons (Fsp3) is 0. The van der Waals surface area contributed by atoms with Gasteiger partial charge in [0.15, 0.2) is 0 Å². The normalized spacial score (nSPS) is 11.6. The highest BCUT2D eigenvalue weighted by Gasteiger charge is 2.21. The van der Waals surface area contributed by atoms with Gasteiger partial charge in [0.1, 0.15) is 0 Å². The Morgan fingerprint density at radius 1 is 0.200 bits per heavy atom. The van der Waals surface area contributed by atoms with Gasteiger partial charge in [-0.05, 0) is 111 Å². The molecule has 0 aliphatic carbocycles. The first-order valence-electron chi connectivity index (χ1n) is 17.4. The Balaban J connectivity index is 1.34. The van der Waals surface area contributed by atoms with Crippen LogP contribution in [0.15, 0.2) is 194 Å². The molecule has 10 aromatic carbocycles. The van der Waals surface area contributed by atoms with Crippen LogP contribution >= 0.6 is 0 Å². The third kappa shape index (κ3) is 4.54. The molecule has 232 valence electrons. The van der Waals surface area contributed by atoms with Crippen molar-refractivity contribution in [1.82, 2.24) is 0 Å². The zero-order valence-corrected chi connectivity index (χ0v) is 27.5. The fourth-order valence-electron chi connectivity index (χ4n) is 8.17. The molecule has 0 heterocycles. The van der Waals surface area contributed by atoms with Gasteiger partial charge < -0.3 is 0 Å². The van der Waals surface area contributed by atoms with Gasteiger partial charge in [-0.25, -0.2) is 0 Å². The van der Waals surface area contributed by atoms with Gasteiger partial charge in [-0.2, -0.15) is 0 Å². The Kier molecular flexibility index (Phi) is 6.60. The molecule has 0 fully saturated rings. The topological polar surface area (TPSA) is 0 Å². The Morgan fingerprint density at radius 3 is 1.30 bits per heavy atom. The van der Waals surface area contributed by atoms with E-state index in [0.29, 0.717) is 0 Å². The van der Waals surface area contributed by atoms with Gasteiger partial charge in [0.2, 0.25) is 0 Å². The average Bonchev–Trinajstić information content (AvgIpc) is 3.19. The van der Waals surface area contributed by atoms with Crippen LogP contribution in [0.5, 0.6) is 0 Å². The highest BCUT2D eigenvalue weighted by Crippen LogP contribution is 2.48. The largest absolute Gasteiger partial charge is 0.0616 e. The van der Waals surface area contributed by atoms with Crippen molar-refractivity contribution in [2.24, 2.45) is 0 Å². The van der Waals surface area contributed by atoms with Crippen LogP contribution in [0, 0.1) is 0 Å². The van der Waals surface area contributed by atoms with Gasteiger partial charge in [-0.1, -0.05) is 182 Å². The monoisotopic (exact) mass is 632 g/mol. The molecule has 10 rings (SSSR count). The molecule has 0 amide bonds. The zero-order chi connectivity index (χ0) is 33.0. The lowest BCUT2D eigenvalue weighted by Crippen LogP contribution is -1.94. The van der Waals surface area contributed by atoms with Crippen molar-refractivity contribution in [1.29, 1.82) is 0 Å². The predicted molar refractivity (Wildman–Crippen MR) is 216 cm³/mol. The van der Waals surface area contributed by atoms with Crippen molar-refractivity contribution in [2.45, 2.75) is 0 Å². The van der Waals surface area contributed by atoms with E-state index in [9.17, 15) is 0 Å². The minimum absolute atomic E-state index is 1.22. The second-order valence-electron chi connectivity index (χ2n) is 13.2. The van der Waals surface area contributed by atoms with Crippen LogP contribution in [0.2, 0.25) is 0 Å². The molecule has 0 N–H and O–H groups in total. The Labute approximate surface area is 291 Å². The van der Waals surface area contributed by atoms with Crippen LogP contribution in [0.25, 0.3) is 98.4 Å². The van der Waals surface area contributed by atoms with Crippen molar-refractivity contribution >= 4 is 53.9 Å². The molecular formula is C50H32. The third-order valence-electron chi connectivity index (χ3n) is 10.4. The van der Waals surface area contributed by atoms with E-state index in [4.69, 9.17) is 0 Å². The lowest BCUT2D eigenvalue weighted by molar-refractivity contribution is 1.61. The first kappa shape index (κ1) is 28.5. The maximum absolute atomic E-state index is 2.45. The van der Waals surface area contributed by atoms with Crippen LogP contribution in [0.4, 0.5) is 0 Å². The summed E-state index contributed by atoms with van der Waals surface area (Å²) in [6.07, 6.45) is 0. The summed E-state index contributed by atoms with van der Waals surface area (Å²) < 4.78 is 0. The lowest BCUT2D eigenvalue weighted by Gasteiger charge is -2.21. The second kappa shape index (κ2) is 11.6. The molecule has 0 nitrogen and oxygen atoms in total. The van der Waals surface area contributed by atoms with Crippen molar-refractivity contribution < 1.29 is 0 Å². The lowest BCUT2D eigenvalue weighted by atomic mass is 9.82. The van der Waals surface area contributed by atoms with Crippen molar-refractivity contribution in [3.8, 4) is 44.5 Å². The summed E-state index contributed by atoms with van der Waals surface area (Å²) in [6, 6.07) is 71.5. The molecule has 0 heteroatoms. The number of hydrogen-bond acceptors (Lipinski definition) is 0. The molecule has 0 aromatic heterocycles. The average molecular weight is 633 g/mol. The standard InChI is InChI=1S/C50H32/c1-2-16-36-31-38(28-27-33(36)13-1)49-44-21-7-9-23-46(44)50(47-24-10-8-22-45(47)49)48-32-37(41-25-11-17-34-14-3-5-19-39(34)41)29-30-43(48)42-26-12-18-35-15-4-6-20-40(35)42/h1-32H. The molecule has 0 saturated carbocycles. The third-order valence-corrected chi connectivity index (χ3v) is 10.4. The van der Waals surface area contributed by atoms with Crippen LogP contribution < -0.4 is 0 Å². The van der Waals surface area contributed by atoms with Crippen LogP contribution in [0.1, 0.15) is 0 Å². The molecule has 0 saturated heterocycles. The smallest absolute Gasteiger partial charge is 0.00199 e. The van der Waals surface area contributed by atoms with E-state index in [1.807, 2.05) is 0 Å². The number of fused-ring (bicyclic) bond motifs is 5. The van der Waals surface area contributed by atoms with E-state index in [2.05, 4.69) is 194 Å². The van der Waals surface area contributed by atoms with Crippen LogP contribution in [-0.4, -0.2) is 0 Å². The van der Waals surface area contributed by atoms with E-state index in [1.165, 1.54) is 98.4 Å². The molecule has 50 heavy (non-hydrogen) atoms. The second-order valence-corrected chi connectivity index (χ2v) is 13.2. The minimum Gasteiger partial charge on any atom is -0.0616 e. The van der Waals surface area contributed by atoms with Crippen LogP contribution in [0.3, 0.4) is 0 Å².